The summed E-state index contributed by atoms with van der Waals surface area (Å²) < 4.78 is 0. The van der Waals surface area contributed by atoms with Crippen LogP contribution in [0.5, 0.6) is 0 Å². The molecule has 0 unspecified atom stereocenters. The maximum Gasteiger partial charge on any atom is 0.262 e. The van der Waals surface area contributed by atoms with Gasteiger partial charge in [-0.1, -0.05) is 26.0 Å². The van der Waals surface area contributed by atoms with E-state index >= 15 is 0 Å². The highest BCUT2D eigenvalue weighted by Gasteiger charge is 2.37. The lowest BCUT2D eigenvalue weighted by atomic mass is 10.0. The molecule has 0 spiro atoms. The fraction of sp³-hybridized carbons (Fsp3) is 0.500. The van der Waals surface area contributed by atoms with E-state index in [1.54, 1.807) is 29.2 Å². The van der Waals surface area contributed by atoms with Gasteiger partial charge in [-0.2, -0.15) is 0 Å². The Hall–Kier alpha value is -2.70. The molecule has 0 radical (unpaired) electrons. The van der Waals surface area contributed by atoms with Gasteiger partial charge in [0.15, 0.2) is 0 Å². The number of fused-ring (bicyclic) bond motifs is 1. The zero-order valence-electron chi connectivity index (χ0n) is 15.8. The number of imide groups is 1. The van der Waals surface area contributed by atoms with Gasteiger partial charge in [0, 0.05) is 32.1 Å². The molecule has 1 aromatic rings. The number of nitrogens with zero attached hydrogens (tertiary/aromatic N) is 3. The van der Waals surface area contributed by atoms with Gasteiger partial charge in [0.1, 0.15) is 6.54 Å². The second-order valence-corrected chi connectivity index (χ2v) is 6.96. The lowest BCUT2D eigenvalue weighted by molar-refractivity contribution is -0.142. The van der Waals surface area contributed by atoms with Crippen molar-refractivity contribution in [3.8, 4) is 0 Å². The van der Waals surface area contributed by atoms with Crippen molar-refractivity contribution in [3.05, 3.63) is 35.4 Å². The van der Waals surface area contributed by atoms with Gasteiger partial charge in [-0.3, -0.25) is 24.1 Å². The van der Waals surface area contributed by atoms with E-state index in [9.17, 15) is 19.2 Å². The highest BCUT2D eigenvalue weighted by molar-refractivity contribution is 6.22. The van der Waals surface area contributed by atoms with E-state index < -0.39 is 11.8 Å². The molecule has 0 N–H and O–H groups in total. The summed E-state index contributed by atoms with van der Waals surface area (Å²) in [4.78, 5) is 54.3. The van der Waals surface area contributed by atoms with Crippen molar-refractivity contribution >= 4 is 23.6 Å². The second-order valence-electron chi connectivity index (χ2n) is 6.96. The lowest BCUT2D eigenvalue weighted by Crippen LogP contribution is -2.54. The molecule has 27 heavy (non-hydrogen) atoms. The monoisotopic (exact) mass is 371 g/mol. The predicted octanol–water partition coefficient (Wildman–Crippen LogP) is 1.39. The highest BCUT2D eigenvalue weighted by Crippen LogP contribution is 2.22. The minimum Gasteiger partial charge on any atom is -0.339 e. The third-order valence-corrected chi connectivity index (χ3v) is 5.45. The van der Waals surface area contributed by atoms with Crippen LogP contribution in [0.2, 0.25) is 0 Å². The summed E-state index contributed by atoms with van der Waals surface area (Å²) in [6.45, 7) is 5.59. The molecule has 0 aromatic heterocycles. The fourth-order valence-corrected chi connectivity index (χ4v) is 3.69. The summed E-state index contributed by atoms with van der Waals surface area (Å²) in [6, 6.07) is 6.60. The Bertz CT molecular complexity index is 729. The van der Waals surface area contributed by atoms with Crippen LogP contribution in [0.25, 0.3) is 0 Å². The normalized spacial score (nSPS) is 16.9. The van der Waals surface area contributed by atoms with Crippen molar-refractivity contribution in [2.24, 2.45) is 5.92 Å². The third-order valence-electron chi connectivity index (χ3n) is 5.45. The third kappa shape index (κ3) is 3.59. The van der Waals surface area contributed by atoms with Crippen molar-refractivity contribution in [1.29, 1.82) is 0 Å². The predicted molar refractivity (Wildman–Crippen MR) is 99.0 cm³/mol. The Morgan fingerprint density at radius 2 is 1.37 bits per heavy atom. The van der Waals surface area contributed by atoms with E-state index in [1.165, 1.54) is 0 Å². The zero-order valence-corrected chi connectivity index (χ0v) is 15.8. The maximum absolute atomic E-state index is 12.6. The van der Waals surface area contributed by atoms with Crippen molar-refractivity contribution in [2.75, 3.05) is 32.7 Å². The van der Waals surface area contributed by atoms with E-state index in [0.717, 1.165) is 17.7 Å². The first-order chi connectivity index (χ1) is 13.0. The molecule has 2 aliphatic rings. The van der Waals surface area contributed by atoms with Crippen LogP contribution < -0.4 is 0 Å². The van der Waals surface area contributed by atoms with Crippen LogP contribution >= 0.6 is 0 Å². The van der Waals surface area contributed by atoms with Crippen LogP contribution in [0.4, 0.5) is 0 Å². The number of hydrogen-bond acceptors (Lipinski definition) is 4. The van der Waals surface area contributed by atoms with Crippen molar-refractivity contribution in [3.63, 3.8) is 0 Å². The first-order valence-corrected chi connectivity index (χ1v) is 9.49. The Morgan fingerprint density at radius 3 is 1.85 bits per heavy atom. The molecule has 0 aliphatic carbocycles. The first kappa shape index (κ1) is 19.1. The van der Waals surface area contributed by atoms with Crippen LogP contribution in [-0.4, -0.2) is 71.1 Å². The minimum atomic E-state index is -0.425. The highest BCUT2D eigenvalue weighted by atomic mass is 16.2. The van der Waals surface area contributed by atoms with Crippen molar-refractivity contribution in [2.45, 2.75) is 26.7 Å². The number of benzene rings is 1. The van der Waals surface area contributed by atoms with Gasteiger partial charge in [-0.15, -0.1) is 0 Å². The summed E-state index contributed by atoms with van der Waals surface area (Å²) in [7, 11) is 0. The Balaban J connectivity index is 1.57. The van der Waals surface area contributed by atoms with E-state index in [4.69, 9.17) is 0 Å². The summed E-state index contributed by atoms with van der Waals surface area (Å²) in [5.74, 6) is -0.935. The molecule has 0 atom stereocenters. The number of piperazine rings is 1. The van der Waals surface area contributed by atoms with Gasteiger partial charge in [-0.25, -0.2) is 0 Å². The van der Waals surface area contributed by atoms with Gasteiger partial charge in [-0.05, 0) is 25.0 Å². The van der Waals surface area contributed by atoms with Gasteiger partial charge in [0.05, 0.1) is 11.1 Å². The maximum atomic E-state index is 12.6. The van der Waals surface area contributed by atoms with Crippen molar-refractivity contribution < 1.29 is 19.2 Å². The molecule has 7 nitrogen and oxygen atoms in total. The van der Waals surface area contributed by atoms with Crippen LogP contribution in [0.1, 0.15) is 47.4 Å². The van der Waals surface area contributed by atoms with Crippen molar-refractivity contribution in [1.82, 2.24) is 14.7 Å². The standard InChI is InChI=1S/C20H25N3O4/c1-3-14(4-2)18(25)22-11-9-21(10-12-22)17(24)13-23-19(26)15-7-5-6-8-16(15)20(23)27/h5-8,14H,3-4,9-13H2,1-2H3. The van der Waals surface area contributed by atoms with Gasteiger partial charge < -0.3 is 9.80 Å². The Morgan fingerprint density at radius 1 is 0.889 bits per heavy atom. The average Bonchev–Trinajstić information content (AvgIpc) is 2.94. The van der Waals surface area contributed by atoms with E-state index in [-0.39, 0.29) is 24.3 Å². The molecule has 2 heterocycles. The average molecular weight is 371 g/mol. The Kier molecular flexibility index (Phi) is 5.58. The molecule has 1 saturated heterocycles. The smallest absolute Gasteiger partial charge is 0.262 e. The number of carbonyl (C=O) groups excluding carboxylic acids is 4. The molecular weight excluding hydrogens is 346 g/mol. The van der Waals surface area contributed by atoms with Gasteiger partial charge in [0.25, 0.3) is 11.8 Å². The SMILES string of the molecule is CCC(CC)C(=O)N1CCN(C(=O)CN2C(=O)c3ccccc3C2=O)CC1. The molecule has 1 fully saturated rings. The first-order valence-electron chi connectivity index (χ1n) is 9.49. The number of rotatable bonds is 5. The molecule has 0 saturated carbocycles. The number of amides is 4. The molecule has 1 aromatic carbocycles. The molecule has 4 amide bonds. The summed E-state index contributed by atoms with van der Waals surface area (Å²) >= 11 is 0. The fourth-order valence-electron chi connectivity index (χ4n) is 3.69. The number of hydrogen-bond donors (Lipinski definition) is 0. The summed E-state index contributed by atoms with van der Waals surface area (Å²) in [5.41, 5.74) is 0.687. The molecule has 3 rings (SSSR count). The molecule has 0 bridgehead atoms. The number of carbonyl (C=O) groups is 4. The Labute approximate surface area is 158 Å². The van der Waals surface area contributed by atoms with Crippen LogP contribution in [0, 0.1) is 5.92 Å². The topological polar surface area (TPSA) is 78.0 Å². The summed E-state index contributed by atoms with van der Waals surface area (Å²) in [5, 5.41) is 0. The summed E-state index contributed by atoms with van der Waals surface area (Å²) in [6.07, 6.45) is 1.63. The molecular formula is C20H25N3O4. The van der Waals surface area contributed by atoms with Gasteiger partial charge in [0.2, 0.25) is 11.8 Å². The van der Waals surface area contributed by atoms with E-state index in [2.05, 4.69) is 0 Å². The van der Waals surface area contributed by atoms with Crippen LogP contribution in [0.15, 0.2) is 24.3 Å². The largest absolute Gasteiger partial charge is 0.339 e. The second kappa shape index (κ2) is 7.90. The van der Waals surface area contributed by atoms with Crippen LogP contribution in [0.3, 0.4) is 0 Å². The molecule has 144 valence electrons. The quantitative estimate of drug-likeness (QED) is 0.733. The molecule has 7 heteroatoms. The zero-order chi connectivity index (χ0) is 19.6. The lowest BCUT2D eigenvalue weighted by Gasteiger charge is -2.36. The van der Waals surface area contributed by atoms with E-state index in [1.807, 2.05) is 18.7 Å². The minimum absolute atomic E-state index is 0.0330. The molecule has 2 aliphatic heterocycles. The van der Waals surface area contributed by atoms with Gasteiger partial charge >= 0.3 is 0 Å². The van der Waals surface area contributed by atoms with Crippen LogP contribution in [-0.2, 0) is 9.59 Å². The van der Waals surface area contributed by atoms with E-state index in [0.29, 0.717) is 37.3 Å².